The van der Waals surface area contributed by atoms with Crippen LogP contribution in [0.3, 0.4) is 0 Å². The van der Waals surface area contributed by atoms with Crippen molar-refractivity contribution in [1.82, 2.24) is 25.1 Å². The van der Waals surface area contributed by atoms with Gasteiger partial charge in [-0.1, -0.05) is 25.2 Å². The summed E-state index contributed by atoms with van der Waals surface area (Å²) < 4.78 is 6.49. The smallest absolute Gasteiger partial charge is 0.282 e. The number of amides is 1. The molecule has 98 valence electrons. The van der Waals surface area contributed by atoms with Crippen LogP contribution in [0.1, 0.15) is 35.4 Å². The first-order chi connectivity index (χ1) is 8.63. The molecule has 0 aliphatic rings. The molecule has 2 aromatic rings. The summed E-state index contributed by atoms with van der Waals surface area (Å²) in [4.78, 5) is 12.4. The number of nitrogens with one attached hydrogen (secondary N) is 1. The van der Waals surface area contributed by atoms with Crippen molar-refractivity contribution in [3.8, 4) is 0 Å². The molecule has 0 saturated heterocycles. The Kier molecular flexibility index (Phi) is 3.87. The molecule has 18 heavy (non-hydrogen) atoms. The highest BCUT2D eigenvalue weighted by atomic mass is 32.1. The lowest BCUT2D eigenvalue weighted by molar-refractivity contribution is 0.0935. The highest BCUT2D eigenvalue weighted by Gasteiger charge is 2.17. The van der Waals surface area contributed by atoms with Gasteiger partial charge in [0.2, 0.25) is 9.97 Å². The molecule has 0 unspecified atom stereocenters. The van der Waals surface area contributed by atoms with Gasteiger partial charge >= 0.3 is 0 Å². The van der Waals surface area contributed by atoms with Crippen LogP contribution in [0.2, 0.25) is 0 Å². The summed E-state index contributed by atoms with van der Waals surface area (Å²) in [5.41, 5.74) is 0. The predicted molar refractivity (Wildman–Crippen MR) is 67.0 cm³/mol. The molecule has 8 heteroatoms. The normalized spacial score (nSPS) is 11.3. The Morgan fingerprint density at radius 3 is 2.94 bits per heavy atom. The van der Waals surface area contributed by atoms with Gasteiger partial charge in [-0.05, 0) is 0 Å². The van der Waals surface area contributed by atoms with Crippen molar-refractivity contribution in [3.05, 3.63) is 10.8 Å². The van der Waals surface area contributed by atoms with E-state index in [4.69, 9.17) is 4.74 Å². The molecule has 0 atom stereocenters. The summed E-state index contributed by atoms with van der Waals surface area (Å²) >= 11 is 1.23. The summed E-state index contributed by atoms with van der Waals surface area (Å²) in [7, 11) is 1.59. The van der Waals surface area contributed by atoms with Crippen LogP contribution in [0, 0.1) is 0 Å². The van der Waals surface area contributed by atoms with Gasteiger partial charge in [0.25, 0.3) is 5.91 Å². The number of aromatic nitrogens is 4. The van der Waals surface area contributed by atoms with E-state index in [1.54, 1.807) is 11.6 Å². The van der Waals surface area contributed by atoms with Crippen LogP contribution in [0.4, 0.5) is 0 Å². The van der Waals surface area contributed by atoms with Gasteiger partial charge in [0.15, 0.2) is 5.82 Å². The number of methoxy groups -OCH3 is 1. The van der Waals surface area contributed by atoms with Gasteiger partial charge in [-0.3, -0.25) is 4.79 Å². The van der Waals surface area contributed by atoms with E-state index in [0.717, 1.165) is 5.82 Å². The standard InChI is InChI=1S/C10H15N5O2S/c1-6(2)7-12-13-10-15(7)14-9(18-10)8(16)11-4-5-17-3/h6H,4-5H2,1-3H3,(H,11,16). The van der Waals surface area contributed by atoms with E-state index in [0.29, 0.717) is 23.1 Å². The van der Waals surface area contributed by atoms with Crippen molar-refractivity contribution in [3.63, 3.8) is 0 Å². The monoisotopic (exact) mass is 269 g/mol. The lowest BCUT2D eigenvalue weighted by atomic mass is 10.2. The van der Waals surface area contributed by atoms with Gasteiger partial charge in [0, 0.05) is 19.6 Å². The molecule has 0 spiro atoms. The number of ether oxygens (including phenoxy) is 1. The first kappa shape index (κ1) is 12.9. The Bertz CT molecular complexity index is 547. The zero-order valence-corrected chi connectivity index (χ0v) is 11.3. The van der Waals surface area contributed by atoms with Crippen molar-refractivity contribution < 1.29 is 9.53 Å². The third kappa shape index (κ3) is 2.49. The summed E-state index contributed by atoms with van der Waals surface area (Å²) in [5, 5.41) is 15.4. The van der Waals surface area contributed by atoms with E-state index in [-0.39, 0.29) is 11.8 Å². The van der Waals surface area contributed by atoms with Gasteiger partial charge in [0.1, 0.15) is 0 Å². The fraction of sp³-hybridized carbons (Fsp3) is 0.600. The quantitative estimate of drug-likeness (QED) is 0.807. The molecule has 0 saturated carbocycles. The van der Waals surface area contributed by atoms with E-state index in [1.807, 2.05) is 13.8 Å². The second kappa shape index (κ2) is 5.40. The lowest BCUT2D eigenvalue weighted by Gasteiger charge is -2.00. The highest BCUT2D eigenvalue weighted by Crippen LogP contribution is 2.18. The Hall–Kier alpha value is -1.54. The Morgan fingerprint density at radius 2 is 2.28 bits per heavy atom. The van der Waals surface area contributed by atoms with Gasteiger partial charge in [-0.25, -0.2) is 0 Å². The topological polar surface area (TPSA) is 81.4 Å². The largest absolute Gasteiger partial charge is 0.383 e. The number of hydrogen-bond donors (Lipinski definition) is 1. The van der Waals surface area contributed by atoms with Gasteiger partial charge in [-0.2, -0.15) is 4.52 Å². The van der Waals surface area contributed by atoms with Gasteiger partial charge in [-0.15, -0.1) is 15.3 Å². The van der Waals surface area contributed by atoms with E-state index >= 15 is 0 Å². The number of rotatable bonds is 5. The molecule has 0 aliphatic carbocycles. The first-order valence-electron chi connectivity index (χ1n) is 5.62. The molecule has 2 aromatic heterocycles. The van der Waals surface area contributed by atoms with Crippen LogP contribution < -0.4 is 5.32 Å². The van der Waals surface area contributed by atoms with Crippen molar-refractivity contribution >= 4 is 22.2 Å². The van der Waals surface area contributed by atoms with E-state index in [9.17, 15) is 4.79 Å². The zero-order valence-electron chi connectivity index (χ0n) is 10.5. The zero-order chi connectivity index (χ0) is 13.1. The molecule has 7 nitrogen and oxygen atoms in total. The predicted octanol–water partition coefficient (Wildman–Crippen LogP) is 0.685. The highest BCUT2D eigenvalue weighted by molar-refractivity contribution is 7.18. The molecular formula is C10H15N5O2S. The van der Waals surface area contributed by atoms with Crippen molar-refractivity contribution in [2.45, 2.75) is 19.8 Å². The Balaban J connectivity index is 2.17. The molecule has 0 radical (unpaired) electrons. The molecule has 0 fully saturated rings. The second-order valence-corrected chi connectivity index (χ2v) is 5.02. The van der Waals surface area contributed by atoms with Crippen LogP contribution in [0.15, 0.2) is 0 Å². The third-order valence-electron chi connectivity index (χ3n) is 2.32. The maximum absolute atomic E-state index is 11.8. The minimum Gasteiger partial charge on any atom is -0.383 e. The number of carbonyl (C=O) groups excluding carboxylic acids is 1. The summed E-state index contributed by atoms with van der Waals surface area (Å²) in [6.07, 6.45) is 0. The first-order valence-corrected chi connectivity index (χ1v) is 6.44. The number of nitrogens with zero attached hydrogens (tertiary/aromatic N) is 4. The summed E-state index contributed by atoms with van der Waals surface area (Å²) in [6, 6.07) is 0. The minimum absolute atomic E-state index is 0.211. The van der Waals surface area contributed by atoms with E-state index in [1.165, 1.54) is 11.3 Å². The van der Waals surface area contributed by atoms with Crippen LogP contribution in [0.25, 0.3) is 4.96 Å². The fourth-order valence-electron chi connectivity index (χ4n) is 1.43. The molecule has 0 aliphatic heterocycles. The maximum atomic E-state index is 11.8. The van der Waals surface area contributed by atoms with Crippen molar-refractivity contribution in [2.75, 3.05) is 20.3 Å². The lowest BCUT2D eigenvalue weighted by Crippen LogP contribution is -2.27. The molecule has 0 aromatic carbocycles. The van der Waals surface area contributed by atoms with Crippen LogP contribution in [-0.4, -0.2) is 46.0 Å². The number of hydrogen-bond acceptors (Lipinski definition) is 6. The summed E-state index contributed by atoms with van der Waals surface area (Å²) in [5.74, 6) is 0.765. The number of fused-ring (bicyclic) bond motifs is 1. The maximum Gasteiger partial charge on any atom is 0.282 e. The molecule has 2 heterocycles. The molecule has 1 N–H and O–H groups in total. The average molecular weight is 269 g/mol. The second-order valence-electron chi connectivity index (χ2n) is 4.06. The van der Waals surface area contributed by atoms with Crippen LogP contribution in [-0.2, 0) is 4.74 Å². The van der Waals surface area contributed by atoms with Crippen LogP contribution in [0.5, 0.6) is 0 Å². The number of carbonyl (C=O) groups is 1. The minimum atomic E-state index is -0.211. The Labute approximate surface area is 108 Å². The van der Waals surface area contributed by atoms with Gasteiger partial charge in [0.05, 0.1) is 6.61 Å². The average Bonchev–Trinajstić information content (AvgIpc) is 2.87. The molecular weight excluding hydrogens is 254 g/mol. The summed E-state index contributed by atoms with van der Waals surface area (Å²) in [6.45, 7) is 4.96. The van der Waals surface area contributed by atoms with Crippen molar-refractivity contribution in [1.29, 1.82) is 0 Å². The van der Waals surface area contributed by atoms with Crippen molar-refractivity contribution in [2.24, 2.45) is 0 Å². The molecule has 1 amide bonds. The van der Waals surface area contributed by atoms with Gasteiger partial charge < -0.3 is 10.1 Å². The van der Waals surface area contributed by atoms with E-state index in [2.05, 4.69) is 20.6 Å². The molecule has 2 rings (SSSR count). The van der Waals surface area contributed by atoms with E-state index < -0.39 is 0 Å². The van der Waals surface area contributed by atoms with Crippen LogP contribution >= 0.6 is 11.3 Å². The fourth-order valence-corrected chi connectivity index (χ4v) is 2.19. The third-order valence-corrected chi connectivity index (χ3v) is 3.21. The SMILES string of the molecule is COCCNC(=O)c1nn2c(C(C)C)nnc2s1. The molecule has 0 bridgehead atoms. The Morgan fingerprint density at radius 1 is 1.50 bits per heavy atom.